The Morgan fingerprint density at radius 3 is 2.25 bits per heavy atom. The first-order chi connectivity index (χ1) is 15.1. The molecule has 2 rings (SSSR count). The van der Waals surface area contributed by atoms with Crippen LogP contribution in [0.25, 0.3) is 0 Å². The fourth-order valence-electron chi connectivity index (χ4n) is 3.54. The number of sulfonamides is 1. The van der Waals surface area contributed by atoms with Crippen LogP contribution in [0.5, 0.6) is 0 Å². The molecule has 0 aromatic heterocycles. The number of hydrogen-bond acceptors (Lipinski definition) is 6. The highest BCUT2D eigenvalue weighted by Gasteiger charge is 2.29. The first kappa shape index (κ1) is 26.2. The Bertz CT molecular complexity index is 850. The van der Waals surface area contributed by atoms with Crippen LogP contribution in [0, 0.1) is 11.8 Å². The van der Waals surface area contributed by atoms with Crippen LogP contribution in [0.1, 0.15) is 53.4 Å². The summed E-state index contributed by atoms with van der Waals surface area (Å²) in [5, 5.41) is 22.6. The molecule has 0 spiro atoms. The van der Waals surface area contributed by atoms with E-state index >= 15 is 0 Å². The van der Waals surface area contributed by atoms with Crippen LogP contribution in [0.4, 0.5) is 5.69 Å². The number of rotatable bonds is 11. The van der Waals surface area contributed by atoms with E-state index in [1.165, 1.54) is 18.6 Å². The van der Waals surface area contributed by atoms with E-state index in [4.69, 9.17) is 0 Å². The summed E-state index contributed by atoms with van der Waals surface area (Å²) < 4.78 is 28.3. The van der Waals surface area contributed by atoms with Gasteiger partial charge in [-0.2, -0.15) is 4.72 Å². The molecular weight excluding hydrogens is 430 g/mol. The molecule has 9 nitrogen and oxygen atoms in total. The summed E-state index contributed by atoms with van der Waals surface area (Å²) in [5.41, 5.74) is 0.562. The Morgan fingerprint density at radius 1 is 1.09 bits per heavy atom. The number of benzene rings is 1. The Hall–Kier alpha value is -2.04. The van der Waals surface area contributed by atoms with Gasteiger partial charge in [0.15, 0.2) is 0 Å². The van der Waals surface area contributed by atoms with Gasteiger partial charge in [0.1, 0.15) is 6.04 Å². The zero-order valence-corrected chi connectivity index (χ0v) is 20.3. The Balaban J connectivity index is 2.06. The van der Waals surface area contributed by atoms with Crippen molar-refractivity contribution in [1.29, 1.82) is 0 Å². The monoisotopic (exact) mass is 467 g/mol. The van der Waals surface area contributed by atoms with Crippen LogP contribution in [0.15, 0.2) is 39.5 Å². The zero-order valence-electron chi connectivity index (χ0n) is 19.5. The molecule has 0 radical (unpaired) electrons. The Morgan fingerprint density at radius 2 is 1.72 bits per heavy atom. The van der Waals surface area contributed by atoms with Crippen molar-refractivity contribution in [3.05, 3.63) is 24.3 Å². The summed E-state index contributed by atoms with van der Waals surface area (Å²) in [4.78, 5) is 12.8. The lowest BCUT2D eigenvalue weighted by molar-refractivity contribution is -0.124. The van der Waals surface area contributed by atoms with E-state index in [-0.39, 0.29) is 23.3 Å². The van der Waals surface area contributed by atoms with Gasteiger partial charge in [-0.3, -0.25) is 9.80 Å². The number of carbonyl (C=O) groups is 1. The number of amides is 1. The molecular formula is C22H37N5O4S. The lowest BCUT2D eigenvalue weighted by atomic mass is 10.0. The number of aliphatic hydroxyl groups excluding tert-OH is 1. The lowest BCUT2D eigenvalue weighted by Gasteiger charge is -2.25. The van der Waals surface area contributed by atoms with E-state index in [0.29, 0.717) is 12.1 Å². The molecule has 1 heterocycles. The molecule has 0 bridgehead atoms. The van der Waals surface area contributed by atoms with Gasteiger partial charge in [0.2, 0.25) is 15.9 Å². The largest absolute Gasteiger partial charge is 0.394 e. The van der Waals surface area contributed by atoms with Gasteiger partial charge >= 0.3 is 0 Å². The van der Waals surface area contributed by atoms with Crippen LogP contribution in [-0.2, 0) is 14.8 Å². The van der Waals surface area contributed by atoms with Gasteiger partial charge in [-0.15, -0.1) is 5.11 Å². The van der Waals surface area contributed by atoms with Gasteiger partial charge in [-0.25, -0.2) is 8.42 Å². The Labute approximate surface area is 191 Å². The van der Waals surface area contributed by atoms with E-state index in [1.807, 2.05) is 18.9 Å². The van der Waals surface area contributed by atoms with Gasteiger partial charge in [-0.1, -0.05) is 32.9 Å². The Kier molecular flexibility index (Phi) is 10.0. The molecule has 1 amide bonds. The second-order valence-electron chi connectivity index (χ2n) is 9.06. The molecule has 0 saturated carbocycles. The van der Waals surface area contributed by atoms with Crippen LogP contribution in [0.3, 0.4) is 0 Å². The predicted octanol–water partition coefficient (Wildman–Crippen LogP) is 3.00. The summed E-state index contributed by atoms with van der Waals surface area (Å²) in [6.45, 7) is 9.09. The number of nitrogens with one attached hydrogen (secondary N) is 2. The molecule has 0 aliphatic carbocycles. The number of aliphatic hydroxyl groups is 1. The number of piperidine rings is 1. The van der Waals surface area contributed by atoms with Gasteiger partial charge in [0, 0.05) is 13.1 Å². The molecule has 2 atom stereocenters. The highest BCUT2D eigenvalue weighted by molar-refractivity contribution is 7.89. The van der Waals surface area contributed by atoms with Crippen molar-refractivity contribution in [2.45, 2.75) is 70.4 Å². The van der Waals surface area contributed by atoms with E-state index in [2.05, 4.69) is 20.4 Å². The van der Waals surface area contributed by atoms with Gasteiger partial charge in [0.25, 0.3) is 0 Å². The molecule has 0 unspecified atom stereocenters. The minimum absolute atomic E-state index is 0.0498. The first-order valence-electron chi connectivity index (χ1n) is 11.3. The van der Waals surface area contributed by atoms with Gasteiger partial charge in [0.05, 0.1) is 23.2 Å². The third-order valence-electron chi connectivity index (χ3n) is 5.32. The SMILES string of the molecule is CC(C)C[C@@H](CO)NC(=O)[C@@H](NS(=O)(=O)c1ccc(N=NN2CCCCC2)cc1)C(C)C. The van der Waals surface area contributed by atoms with Gasteiger partial charge in [-0.05, 0) is 61.8 Å². The molecule has 1 aliphatic rings. The van der Waals surface area contributed by atoms with Crippen molar-refractivity contribution < 1.29 is 18.3 Å². The maximum absolute atomic E-state index is 12.9. The summed E-state index contributed by atoms with van der Waals surface area (Å²) in [7, 11) is -3.92. The molecule has 10 heteroatoms. The molecule has 3 N–H and O–H groups in total. The molecule has 1 saturated heterocycles. The maximum Gasteiger partial charge on any atom is 0.241 e. The van der Waals surface area contributed by atoms with Crippen LogP contribution in [0.2, 0.25) is 0 Å². The van der Waals surface area contributed by atoms with E-state index in [0.717, 1.165) is 25.9 Å². The maximum atomic E-state index is 12.9. The molecule has 32 heavy (non-hydrogen) atoms. The van der Waals surface area contributed by atoms with Crippen LogP contribution < -0.4 is 10.0 Å². The molecule has 180 valence electrons. The summed E-state index contributed by atoms with van der Waals surface area (Å²) in [5.74, 6) is -0.441. The minimum Gasteiger partial charge on any atom is -0.394 e. The molecule has 1 aliphatic heterocycles. The van der Waals surface area contributed by atoms with Crippen molar-refractivity contribution in [2.24, 2.45) is 22.2 Å². The smallest absolute Gasteiger partial charge is 0.241 e. The summed E-state index contributed by atoms with van der Waals surface area (Å²) in [6.07, 6.45) is 4.01. The van der Waals surface area contributed by atoms with E-state index in [1.54, 1.807) is 26.0 Å². The first-order valence-corrected chi connectivity index (χ1v) is 12.8. The van der Waals surface area contributed by atoms with Crippen molar-refractivity contribution in [3.8, 4) is 0 Å². The third kappa shape index (κ3) is 8.14. The summed E-state index contributed by atoms with van der Waals surface area (Å²) >= 11 is 0. The fraction of sp³-hybridized carbons (Fsp3) is 0.682. The van der Waals surface area contributed by atoms with Crippen molar-refractivity contribution in [2.75, 3.05) is 19.7 Å². The predicted molar refractivity (Wildman–Crippen MR) is 124 cm³/mol. The highest BCUT2D eigenvalue weighted by atomic mass is 32.2. The van der Waals surface area contributed by atoms with Crippen LogP contribution >= 0.6 is 0 Å². The quantitative estimate of drug-likeness (QED) is 0.432. The normalized spacial score (nSPS) is 17.2. The number of carbonyl (C=O) groups excluding carboxylic acids is 1. The zero-order chi connectivity index (χ0) is 23.7. The number of hydrogen-bond donors (Lipinski definition) is 3. The van der Waals surface area contributed by atoms with Gasteiger partial charge < -0.3 is 10.4 Å². The molecule has 1 aromatic carbocycles. The summed E-state index contributed by atoms with van der Waals surface area (Å²) in [6, 6.07) is 4.72. The second-order valence-corrected chi connectivity index (χ2v) is 10.8. The molecule has 1 aromatic rings. The van der Waals surface area contributed by atoms with Crippen molar-refractivity contribution >= 4 is 21.6 Å². The third-order valence-corrected chi connectivity index (χ3v) is 6.78. The molecule has 1 fully saturated rings. The average molecular weight is 468 g/mol. The topological polar surface area (TPSA) is 123 Å². The fourth-order valence-corrected chi connectivity index (χ4v) is 4.88. The standard InChI is InChI=1S/C22H37N5O4S/c1-16(2)14-19(15-28)23-22(29)21(17(3)4)25-32(30,31)20-10-8-18(9-11-20)24-26-27-12-6-5-7-13-27/h8-11,16-17,19,21,25,28H,5-7,12-15H2,1-4H3,(H,23,29)/t19-,21-/m0/s1. The van der Waals surface area contributed by atoms with Crippen LogP contribution in [-0.4, -0.2) is 56.2 Å². The second kappa shape index (κ2) is 12.3. The van der Waals surface area contributed by atoms with Crippen molar-refractivity contribution in [1.82, 2.24) is 15.0 Å². The minimum atomic E-state index is -3.92. The number of nitrogens with zero attached hydrogens (tertiary/aromatic N) is 3. The van der Waals surface area contributed by atoms with E-state index < -0.39 is 28.0 Å². The highest BCUT2D eigenvalue weighted by Crippen LogP contribution is 2.19. The lowest BCUT2D eigenvalue weighted by Crippen LogP contribution is -2.52. The van der Waals surface area contributed by atoms with Crippen molar-refractivity contribution in [3.63, 3.8) is 0 Å². The van der Waals surface area contributed by atoms with E-state index in [9.17, 15) is 18.3 Å². The average Bonchev–Trinajstić information content (AvgIpc) is 2.76.